The number of amides is 1. The first kappa shape index (κ1) is 18.9. The SMILES string of the molecule is CC(C)CCNc1cnc(C(=O)N(Cc2ccccc2)C(C)C)cn1. The first-order valence-electron chi connectivity index (χ1n) is 8.88. The van der Waals surface area contributed by atoms with Crippen molar-refractivity contribution in [1.82, 2.24) is 14.9 Å². The Labute approximate surface area is 150 Å². The van der Waals surface area contributed by atoms with E-state index in [0.717, 1.165) is 18.5 Å². The fraction of sp³-hybridized carbons (Fsp3) is 0.450. The van der Waals surface area contributed by atoms with Gasteiger partial charge in [0.2, 0.25) is 0 Å². The van der Waals surface area contributed by atoms with Gasteiger partial charge in [0, 0.05) is 19.1 Å². The topological polar surface area (TPSA) is 58.1 Å². The van der Waals surface area contributed by atoms with Crippen LogP contribution in [-0.2, 0) is 6.54 Å². The fourth-order valence-electron chi connectivity index (χ4n) is 2.43. The smallest absolute Gasteiger partial charge is 0.274 e. The van der Waals surface area contributed by atoms with Gasteiger partial charge in [-0.05, 0) is 31.7 Å². The van der Waals surface area contributed by atoms with Gasteiger partial charge in [-0.1, -0.05) is 44.2 Å². The highest BCUT2D eigenvalue weighted by Crippen LogP contribution is 2.13. The highest BCUT2D eigenvalue weighted by molar-refractivity contribution is 5.92. The molecule has 2 aromatic rings. The van der Waals surface area contributed by atoms with Crippen molar-refractivity contribution < 1.29 is 4.79 Å². The summed E-state index contributed by atoms with van der Waals surface area (Å²) in [4.78, 5) is 23.2. The predicted molar refractivity (Wildman–Crippen MR) is 101 cm³/mol. The van der Waals surface area contributed by atoms with Crippen molar-refractivity contribution in [3.63, 3.8) is 0 Å². The van der Waals surface area contributed by atoms with Crippen LogP contribution < -0.4 is 5.32 Å². The van der Waals surface area contributed by atoms with E-state index in [4.69, 9.17) is 0 Å². The first-order chi connectivity index (χ1) is 12.0. The molecule has 0 bridgehead atoms. The van der Waals surface area contributed by atoms with Gasteiger partial charge >= 0.3 is 0 Å². The highest BCUT2D eigenvalue weighted by atomic mass is 16.2. The zero-order chi connectivity index (χ0) is 18.2. The molecule has 0 aliphatic heterocycles. The Kier molecular flexibility index (Phi) is 6.92. The number of benzene rings is 1. The van der Waals surface area contributed by atoms with Crippen LogP contribution in [0.1, 0.15) is 50.2 Å². The molecule has 2 rings (SSSR count). The fourth-order valence-corrected chi connectivity index (χ4v) is 2.43. The van der Waals surface area contributed by atoms with Crippen LogP contribution in [0.3, 0.4) is 0 Å². The average molecular weight is 340 g/mol. The molecule has 0 aliphatic rings. The molecule has 1 aromatic carbocycles. The van der Waals surface area contributed by atoms with Crippen LogP contribution in [0.2, 0.25) is 0 Å². The van der Waals surface area contributed by atoms with Gasteiger partial charge in [-0.15, -0.1) is 0 Å². The maximum atomic E-state index is 12.8. The molecule has 25 heavy (non-hydrogen) atoms. The van der Waals surface area contributed by atoms with Crippen molar-refractivity contribution >= 4 is 11.7 Å². The maximum Gasteiger partial charge on any atom is 0.274 e. The van der Waals surface area contributed by atoms with Gasteiger partial charge in [0.05, 0.1) is 12.4 Å². The van der Waals surface area contributed by atoms with Gasteiger partial charge in [-0.25, -0.2) is 9.97 Å². The Morgan fingerprint density at radius 1 is 1.08 bits per heavy atom. The van der Waals surface area contributed by atoms with E-state index in [-0.39, 0.29) is 11.9 Å². The summed E-state index contributed by atoms with van der Waals surface area (Å²) in [5, 5.41) is 3.24. The Hall–Kier alpha value is -2.43. The lowest BCUT2D eigenvalue weighted by Gasteiger charge is -2.26. The number of hydrogen-bond acceptors (Lipinski definition) is 4. The highest BCUT2D eigenvalue weighted by Gasteiger charge is 2.20. The third-order valence-electron chi connectivity index (χ3n) is 3.98. The van der Waals surface area contributed by atoms with Crippen molar-refractivity contribution in [3.8, 4) is 0 Å². The van der Waals surface area contributed by atoms with Gasteiger partial charge < -0.3 is 10.2 Å². The lowest BCUT2D eigenvalue weighted by Crippen LogP contribution is -2.37. The number of nitrogens with one attached hydrogen (secondary N) is 1. The number of nitrogens with zero attached hydrogens (tertiary/aromatic N) is 3. The minimum atomic E-state index is -0.0971. The molecule has 5 nitrogen and oxygen atoms in total. The number of hydrogen-bond donors (Lipinski definition) is 1. The summed E-state index contributed by atoms with van der Waals surface area (Å²) in [6.45, 7) is 9.80. The number of rotatable bonds is 8. The minimum absolute atomic E-state index is 0.0818. The Balaban J connectivity index is 2.03. The lowest BCUT2D eigenvalue weighted by atomic mass is 10.1. The van der Waals surface area contributed by atoms with Crippen molar-refractivity contribution in [2.45, 2.75) is 46.7 Å². The van der Waals surface area contributed by atoms with E-state index in [1.165, 1.54) is 0 Å². The summed E-state index contributed by atoms with van der Waals surface area (Å²) >= 11 is 0. The van der Waals surface area contributed by atoms with Crippen LogP contribution in [0.25, 0.3) is 0 Å². The van der Waals surface area contributed by atoms with E-state index in [0.29, 0.717) is 24.0 Å². The summed E-state index contributed by atoms with van der Waals surface area (Å²) in [5.74, 6) is 1.25. The molecule has 0 radical (unpaired) electrons. The summed E-state index contributed by atoms with van der Waals surface area (Å²) in [7, 11) is 0. The second-order valence-corrected chi connectivity index (χ2v) is 6.91. The molecule has 5 heteroatoms. The van der Waals surface area contributed by atoms with Crippen LogP contribution in [0, 0.1) is 5.92 Å². The quantitative estimate of drug-likeness (QED) is 0.789. The second-order valence-electron chi connectivity index (χ2n) is 6.91. The number of carbonyl (C=O) groups is 1. The van der Waals surface area contributed by atoms with E-state index in [2.05, 4.69) is 29.1 Å². The maximum absolute atomic E-state index is 12.8. The average Bonchev–Trinajstić information content (AvgIpc) is 2.60. The van der Waals surface area contributed by atoms with E-state index >= 15 is 0 Å². The summed E-state index contributed by atoms with van der Waals surface area (Å²) in [6, 6.07) is 10.1. The molecule has 1 N–H and O–H groups in total. The van der Waals surface area contributed by atoms with Gasteiger partial charge in [0.1, 0.15) is 11.5 Å². The zero-order valence-corrected chi connectivity index (χ0v) is 15.6. The standard InChI is InChI=1S/C20H28N4O/c1-15(2)10-11-21-19-13-22-18(12-23-19)20(25)24(16(3)4)14-17-8-6-5-7-9-17/h5-9,12-13,15-16H,10-11,14H2,1-4H3,(H,21,23). The molecule has 0 atom stereocenters. The van der Waals surface area contributed by atoms with E-state index in [1.807, 2.05) is 49.1 Å². The normalized spacial score (nSPS) is 11.0. The molecule has 0 spiro atoms. The van der Waals surface area contributed by atoms with Gasteiger partial charge in [0.25, 0.3) is 5.91 Å². The Morgan fingerprint density at radius 3 is 2.36 bits per heavy atom. The predicted octanol–water partition coefficient (Wildman–Crippen LogP) is 3.99. The molecule has 0 fully saturated rings. The van der Waals surface area contributed by atoms with Crippen molar-refractivity contribution in [2.24, 2.45) is 5.92 Å². The minimum Gasteiger partial charge on any atom is -0.369 e. The molecular formula is C20H28N4O. The molecule has 1 amide bonds. The molecule has 0 aliphatic carbocycles. The molecule has 0 unspecified atom stereocenters. The lowest BCUT2D eigenvalue weighted by molar-refractivity contribution is 0.0684. The van der Waals surface area contributed by atoms with E-state index in [9.17, 15) is 4.79 Å². The molecule has 1 aromatic heterocycles. The number of aromatic nitrogens is 2. The number of anilines is 1. The summed E-state index contributed by atoms with van der Waals surface area (Å²) in [5.41, 5.74) is 1.48. The van der Waals surface area contributed by atoms with Crippen LogP contribution in [0.5, 0.6) is 0 Å². The molecule has 134 valence electrons. The third-order valence-corrected chi connectivity index (χ3v) is 3.98. The second kappa shape index (κ2) is 9.16. The van der Waals surface area contributed by atoms with Gasteiger partial charge in [0.15, 0.2) is 0 Å². The van der Waals surface area contributed by atoms with Crippen LogP contribution in [0.4, 0.5) is 5.82 Å². The Bertz CT molecular complexity index is 653. The largest absolute Gasteiger partial charge is 0.369 e. The van der Waals surface area contributed by atoms with Gasteiger partial charge in [-0.2, -0.15) is 0 Å². The van der Waals surface area contributed by atoms with Crippen LogP contribution >= 0.6 is 0 Å². The van der Waals surface area contributed by atoms with Crippen molar-refractivity contribution in [3.05, 3.63) is 54.0 Å². The molecular weight excluding hydrogens is 312 g/mol. The van der Waals surface area contributed by atoms with Gasteiger partial charge in [-0.3, -0.25) is 4.79 Å². The van der Waals surface area contributed by atoms with Crippen molar-refractivity contribution in [2.75, 3.05) is 11.9 Å². The number of carbonyl (C=O) groups excluding carboxylic acids is 1. The summed E-state index contributed by atoms with van der Waals surface area (Å²) < 4.78 is 0. The van der Waals surface area contributed by atoms with Crippen LogP contribution in [0.15, 0.2) is 42.7 Å². The first-order valence-corrected chi connectivity index (χ1v) is 8.88. The third kappa shape index (κ3) is 5.85. The Morgan fingerprint density at radius 2 is 1.80 bits per heavy atom. The zero-order valence-electron chi connectivity index (χ0n) is 15.6. The van der Waals surface area contributed by atoms with E-state index in [1.54, 1.807) is 12.4 Å². The monoisotopic (exact) mass is 340 g/mol. The molecule has 0 saturated heterocycles. The summed E-state index contributed by atoms with van der Waals surface area (Å²) in [6.07, 6.45) is 4.26. The van der Waals surface area contributed by atoms with Crippen molar-refractivity contribution in [1.29, 1.82) is 0 Å². The molecule has 0 saturated carbocycles. The van der Waals surface area contributed by atoms with E-state index < -0.39 is 0 Å². The van der Waals surface area contributed by atoms with Crippen LogP contribution in [-0.4, -0.2) is 33.4 Å². The molecule has 1 heterocycles.